The highest BCUT2D eigenvalue weighted by molar-refractivity contribution is 5.94. The normalized spacial score (nSPS) is 43.6. The number of hydrogen-bond acceptors (Lipinski definition) is 5. The molecular formula is C31H48O5. The van der Waals surface area contributed by atoms with Gasteiger partial charge in [0.05, 0.1) is 12.2 Å². The monoisotopic (exact) mass is 500 g/mol. The zero-order valence-electron chi connectivity index (χ0n) is 23.8. The number of hydrogen-bond donors (Lipinski definition) is 3. The minimum Gasteiger partial charge on any atom is -0.393 e. The predicted molar refractivity (Wildman–Crippen MR) is 141 cm³/mol. The van der Waals surface area contributed by atoms with E-state index in [4.69, 9.17) is 0 Å². The van der Waals surface area contributed by atoms with Crippen LogP contribution in [-0.4, -0.2) is 45.2 Å². The summed E-state index contributed by atoms with van der Waals surface area (Å²) in [6, 6.07) is 0. The summed E-state index contributed by atoms with van der Waals surface area (Å²) in [4.78, 5) is 27.3. The van der Waals surface area contributed by atoms with E-state index in [-0.39, 0.29) is 41.7 Å². The van der Waals surface area contributed by atoms with Crippen LogP contribution in [0.2, 0.25) is 0 Å². The molecule has 0 amide bonds. The quantitative estimate of drug-likeness (QED) is 0.473. The Morgan fingerprint density at radius 1 is 1.03 bits per heavy atom. The molecule has 0 aromatic heterocycles. The summed E-state index contributed by atoms with van der Waals surface area (Å²) in [5, 5.41) is 33.4. The van der Waals surface area contributed by atoms with E-state index in [0.29, 0.717) is 19.3 Å². The highest BCUT2D eigenvalue weighted by atomic mass is 16.3. The van der Waals surface area contributed by atoms with Crippen molar-refractivity contribution in [3.05, 3.63) is 23.8 Å². The number of rotatable bonds is 3. The molecule has 0 bridgehead atoms. The molecule has 0 aromatic rings. The van der Waals surface area contributed by atoms with Crippen LogP contribution in [0.1, 0.15) is 94.4 Å². The molecule has 4 aliphatic carbocycles. The van der Waals surface area contributed by atoms with Crippen molar-refractivity contribution < 1.29 is 24.9 Å². The first-order valence-corrected chi connectivity index (χ1v) is 13.8. The SMILES string of the molecule is CC(C)(C)/C=C/[C@H](O)C(C)(C)[C@]12CC(=O)[C@]3(C)[C@@H]4C[C@@H](O)C(=O)C(C)(C)C4=CC[C@H]3[C@]1(C)C[C@@H](O)C2. The van der Waals surface area contributed by atoms with Gasteiger partial charge in [0.2, 0.25) is 0 Å². The van der Waals surface area contributed by atoms with Crippen LogP contribution < -0.4 is 0 Å². The molecule has 0 aromatic carbocycles. The molecule has 0 aliphatic heterocycles. The van der Waals surface area contributed by atoms with Crippen molar-refractivity contribution in [1.82, 2.24) is 0 Å². The van der Waals surface area contributed by atoms with Crippen LogP contribution in [0.4, 0.5) is 0 Å². The van der Waals surface area contributed by atoms with Gasteiger partial charge in [-0.05, 0) is 67.6 Å². The summed E-state index contributed by atoms with van der Waals surface area (Å²) in [7, 11) is 0. The third kappa shape index (κ3) is 3.51. The van der Waals surface area contributed by atoms with E-state index in [1.165, 1.54) is 0 Å². The van der Waals surface area contributed by atoms with Crippen LogP contribution >= 0.6 is 0 Å². The Balaban J connectivity index is 1.85. The van der Waals surface area contributed by atoms with E-state index < -0.39 is 45.4 Å². The van der Waals surface area contributed by atoms with Gasteiger partial charge in [-0.1, -0.05) is 72.3 Å². The first kappa shape index (κ1) is 27.7. The molecule has 0 unspecified atom stereocenters. The molecule has 0 spiro atoms. The topological polar surface area (TPSA) is 94.8 Å². The standard InChI is InChI=1S/C31H48O5/c1-26(2,3)13-12-23(34)28(6,7)31-16-18(32)15-29(31,8)22-11-10-19-20(30(22,9)24(35)17-31)14-21(33)25(36)27(19,4)5/h10,12-13,18,20-23,32-34H,11,14-17H2,1-9H3/b13-12+/t18-,20-,21-,22+,23+,29+,30-,31+/m1/s1. The molecular weight excluding hydrogens is 452 g/mol. The molecule has 36 heavy (non-hydrogen) atoms. The number of carbonyl (C=O) groups excluding carboxylic acids is 2. The van der Waals surface area contributed by atoms with E-state index >= 15 is 0 Å². The summed E-state index contributed by atoms with van der Waals surface area (Å²) in [5.74, 6) is -0.270. The van der Waals surface area contributed by atoms with E-state index in [0.717, 1.165) is 5.57 Å². The molecule has 0 saturated heterocycles. The van der Waals surface area contributed by atoms with Crippen LogP contribution in [0, 0.1) is 44.3 Å². The van der Waals surface area contributed by atoms with Crippen LogP contribution in [0.3, 0.4) is 0 Å². The number of Topliss-reactive ketones (excluding diaryl/α,β-unsaturated/α-hetero) is 2. The Hall–Kier alpha value is -1.30. The second-order valence-electron chi connectivity index (χ2n) is 15.1. The lowest BCUT2D eigenvalue weighted by Gasteiger charge is -2.67. The fourth-order valence-electron chi connectivity index (χ4n) is 9.20. The predicted octanol–water partition coefficient (Wildman–Crippen LogP) is 5.02. The van der Waals surface area contributed by atoms with Crippen molar-refractivity contribution in [2.45, 2.75) is 113 Å². The maximum absolute atomic E-state index is 14.4. The van der Waals surface area contributed by atoms with Gasteiger partial charge in [0, 0.05) is 22.7 Å². The molecule has 5 heteroatoms. The van der Waals surface area contributed by atoms with Crippen LogP contribution in [0.15, 0.2) is 23.8 Å². The van der Waals surface area contributed by atoms with Crippen LogP contribution in [0.25, 0.3) is 0 Å². The van der Waals surface area contributed by atoms with Crippen molar-refractivity contribution in [2.24, 2.45) is 44.3 Å². The van der Waals surface area contributed by atoms with Gasteiger partial charge in [-0.3, -0.25) is 9.59 Å². The van der Waals surface area contributed by atoms with Gasteiger partial charge in [0.1, 0.15) is 11.9 Å². The third-order valence-electron chi connectivity index (χ3n) is 11.4. The van der Waals surface area contributed by atoms with Crippen molar-refractivity contribution in [3.8, 4) is 0 Å². The summed E-state index contributed by atoms with van der Waals surface area (Å²) in [6.07, 6.45) is 6.01. The van der Waals surface area contributed by atoms with Gasteiger partial charge in [-0.15, -0.1) is 0 Å². The van der Waals surface area contributed by atoms with E-state index in [9.17, 15) is 24.9 Å². The second kappa shape index (κ2) is 8.10. The van der Waals surface area contributed by atoms with Crippen molar-refractivity contribution in [1.29, 1.82) is 0 Å². The molecule has 0 heterocycles. The van der Waals surface area contributed by atoms with E-state index in [2.05, 4.69) is 54.5 Å². The van der Waals surface area contributed by atoms with Gasteiger partial charge in [-0.2, -0.15) is 0 Å². The maximum atomic E-state index is 14.4. The highest BCUT2D eigenvalue weighted by Gasteiger charge is 2.74. The largest absolute Gasteiger partial charge is 0.393 e. The molecule has 3 N–H and O–H groups in total. The fourth-order valence-corrected chi connectivity index (χ4v) is 9.20. The average molecular weight is 501 g/mol. The van der Waals surface area contributed by atoms with Crippen LogP contribution in [0.5, 0.6) is 0 Å². The van der Waals surface area contributed by atoms with Crippen molar-refractivity contribution in [3.63, 3.8) is 0 Å². The number of fused-ring (bicyclic) bond motifs is 5. The van der Waals surface area contributed by atoms with Gasteiger partial charge >= 0.3 is 0 Å². The summed E-state index contributed by atoms with van der Waals surface area (Å²) in [6.45, 7) is 18.4. The molecule has 3 saturated carbocycles. The third-order valence-corrected chi connectivity index (χ3v) is 11.4. The van der Waals surface area contributed by atoms with Crippen molar-refractivity contribution in [2.75, 3.05) is 0 Å². The van der Waals surface area contributed by atoms with Gasteiger partial charge in [0.15, 0.2) is 5.78 Å². The summed E-state index contributed by atoms with van der Waals surface area (Å²) < 4.78 is 0. The zero-order valence-corrected chi connectivity index (χ0v) is 23.8. The second-order valence-corrected chi connectivity index (χ2v) is 15.1. The Kier molecular flexibility index (Phi) is 6.24. The number of aliphatic hydroxyl groups is 3. The highest BCUT2D eigenvalue weighted by Crippen LogP contribution is 2.76. The van der Waals surface area contributed by atoms with Gasteiger partial charge in [-0.25, -0.2) is 0 Å². The minimum absolute atomic E-state index is 0.0496. The average Bonchev–Trinajstić information content (AvgIpc) is 3.02. The Bertz CT molecular complexity index is 1010. The first-order valence-electron chi connectivity index (χ1n) is 13.8. The van der Waals surface area contributed by atoms with Crippen LogP contribution in [-0.2, 0) is 9.59 Å². The maximum Gasteiger partial charge on any atom is 0.170 e. The first-order chi connectivity index (χ1) is 16.3. The van der Waals surface area contributed by atoms with Crippen molar-refractivity contribution >= 4 is 11.6 Å². The van der Waals surface area contributed by atoms with E-state index in [1.54, 1.807) is 0 Å². The Labute approximate surface area is 217 Å². The molecule has 8 atom stereocenters. The molecule has 202 valence electrons. The summed E-state index contributed by atoms with van der Waals surface area (Å²) in [5.41, 5.74) is -2.23. The summed E-state index contributed by atoms with van der Waals surface area (Å²) >= 11 is 0. The molecule has 3 fully saturated rings. The minimum atomic E-state index is -1.07. The zero-order chi connectivity index (χ0) is 27.3. The smallest absolute Gasteiger partial charge is 0.170 e. The Morgan fingerprint density at radius 3 is 2.22 bits per heavy atom. The molecule has 0 radical (unpaired) electrons. The number of ketones is 2. The number of aliphatic hydroxyl groups excluding tert-OH is 3. The Morgan fingerprint density at radius 2 is 1.64 bits per heavy atom. The lowest BCUT2D eigenvalue weighted by Crippen LogP contribution is -2.67. The molecule has 4 rings (SSSR count). The number of carbonyl (C=O) groups is 2. The lowest BCUT2D eigenvalue weighted by molar-refractivity contribution is -0.197. The van der Waals surface area contributed by atoms with Gasteiger partial charge < -0.3 is 15.3 Å². The van der Waals surface area contributed by atoms with Gasteiger partial charge in [0.25, 0.3) is 0 Å². The lowest BCUT2D eigenvalue weighted by atomic mass is 9.35. The fraction of sp³-hybridized carbons (Fsp3) is 0.806. The molecule has 4 aliphatic rings. The van der Waals surface area contributed by atoms with E-state index in [1.807, 2.05) is 26.0 Å². The number of allylic oxidation sites excluding steroid dienone is 3. The molecule has 5 nitrogen and oxygen atoms in total.